The Morgan fingerprint density at radius 1 is 1.09 bits per heavy atom. The van der Waals surface area contributed by atoms with E-state index in [1.165, 1.54) is 10.5 Å². The van der Waals surface area contributed by atoms with Crippen molar-refractivity contribution in [3.63, 3.8) is 0 Å². The summed E-state index contributed by atoms with van der Waals surface area (Å²) in [7, 11) is 4.23. The molecule has 0 spiro atoms. The Morgan fingerprint density at radius 2 is 1.77 bits per heavy atom. The van der Waals surface area contributed by atoms with Crippen molar-refractivity contribution in [3.8, 4) is 0 Å². The van der Waals surface area contributed by atoms with Crippen molar-refractivity contribution in [2.45, 2.75) is 19.9 Å². The van der Waals surface area contributed by atoms with Gasteiger partial charge in [0.2, 0.25) is 0 Å². The highest BCUT2D eigenvalue weighted by Crippen LogP contribution is 2.12. The van der Waals surface area contributed by atoms with Crippen molar-refractivity contribution in [1.82, 2.24) is 5.32 Å². The van der Waals surface area contributed by atoms with Gasteiger partial charge in [0.05, 0.1) is 20.6 Å². The molecule has 1 amide bonds. The number of hydrogen-bond donors (Lipinski definition) is 2. The number of quaternary nitrogens is 1. The summed E-state index contributed by atoms with van der Waals surface area (Å²) in [6.07, 6.45) is 0. The van der Waals surface area contributed by atoms with Gasteiger partial charge in [-0.1, -0.05) is 48.0 Å². The predicted octanol–water partition coefficient (Wildman–Crippen LogP) is 1.92. The van der Waals surface area contributed by atoms with Crippen LogP contribution < -0.4 is 10.2 Å². The van der Waals surface area contributed by atoms with Crippen molar-refractivity contribution in [2.75, 3.05) is 20.6 Å². The summed E-state index contributed by atoms with van der Waals surface area (Å²) in [6.45, 7) is 4.60. The number of benzene rings is 2. The lowest BCUT2D eigenvalue weighted by Crippen LogP contribution is -3.07. The maximum absolute atomic E-state index is 12.5. The first-order valence-electron chi connectivity index (χ1n) is 7.69. The monoisotopic (exact) mass is 297 g/mol. The Kier molecular flexibility index (Phi) is 5.34. The maximum atomic E-state index is 12.5. The molecule has 0 bridgehead atoms. The van der Waals surface area contributed by atoms with E-state index in [1.54, 1.807) is 0 Å². The van der Waals surface area contributed by atoms with Crippen molar-refractivity contribution >= 4 is 5.91 Å². The number of hydrogen-bond acceptors (Lipinski definition) is 1. The average molecular weight is 297 g/mol. The summed E-state index contributed by atoms with van der Waals surface area (Å²) in [5.74, 6) is 0.00313. The molecule has 0 aliphatic heterocycles. The molecule has 3 nitrogen and oxygen atoms in total. The van der Waals surface area contributed by atoms with Gasteiger partial charge in [0.15, 0.2) is 0 Å². The molecule has 2 aromatic rings. The summed E-state index contributed by atoms with van der Waals surface area (Å²) >= 11 is 0. The van der Waals surface area contributed by atoms with Crippen LogP contribution in [-0.2, 0) is 0 Å². The first kappa shape index (κ1) is 16.2. The zero-order valence-electron chi connectivity index (χ0n) is 13.8. The smallest absolute Gasteiger partial charge is 0.251 e. The third kappa shape index (κ3) is 3.95. The van der Waals surface area contributed by atoms with Crippen LogP contribution in [0.2, 0.25) is 0 Å². The minimum Gasteiger partial charge on any atom is -0.346 e. The summed E-state index contributed by atoms with van der Waals surface area (Å²) < 4.78 is 0. The summed E-state index contributed by atoms with van der Waals surface area (Å²) in [5.41, 5.74) is 4.12. The van der Waals surface area contributed by atoms with Crippen molar-refractivity contribution in [3.05, 3.63) is 70.8 Å². The van der Waals surface area contributed by atoms with Crippen LogP contribution in [0.4, 0.5) is 0 Å². The molecule has 0 saturated heterocycles. The van der Waals surface area contributed by atoms with E-state index in [4.69, 9.17) is 0 Å². The molecule has 0 aliphatic rings. The molecule has 0 unspecified atom stereocenters. The summed E-state index contributed by atoms with van der Waals surface area (Å²) in [6, 6.07) is 16.5. The highest BCUT2D eigenvalue weighted by atomic mass is 16.1. The van der Waals surface area contributed by atoms with Crippen molar-refractivity contribution < 1.29 is 9.69 Å². The van der Waals surface area contributed by atoms with Crippen molar-refractivity contribution in [2.24, 2.45) is 0 Å². The van der Waals surface area contributed by atoms with Gasteiger partial charge in [-0.3, -0.25) is 4.79 Å². The van der Waals surface area contributed by atoms with Gasteiger partial charge in [0.1, 0.15) is 6.04 Å². The fraction of sp³-hybridized carbons (Fsp3) is 0.316. The Balaban J connectivity index is 2.10. The number of nitrogens with one attached hydrogen (secondary N) is 2. The van der Waals surface area contributed by atoms with Gasteiger partial charge in [0.25, 0.3) is 5.91 Å². The fourth-order valence-electron chi connectivity index (χ4n) is 2.61. The Labute approximate surface area is 133 Å². The van der Waals surface area contributed by atoms with Crippen LogP contribution in [-0.4, -0.2) is 26.5 Å². The van der Waals surface area contributed by atoms with Crippen LogP contribution in [0.15, 0.2) is 48.5 Å². The zero-order valence-corrected chi connectivity index (χ0v) is 13.8. The van der Waals surface area contributed by atoms with Gasteiger partial charge >= 0.3 is 0 Å². The topological polar surface area (TPSA) is 33.5 Å². The molecule has 0 fully saturated rings. The molecule has 0 heterocycles. The standard InChI is InChI=1S/C19H24N2O/c1-14-10-11-15(2)17(12-14)19(22)20-13-18(21(3)4)16-8-6-5-7-9-16/h5-12,18H,13H2,1-4H3,(H,20,22)/p+1/t18-/m0/s1. The van der Waals surface area contributed by atoms with Crippen LogP contribution in [0.5, 0.6) is 0 Å². The third-order valence-corrected chi connectivity index (χ3v) is 4.00. The van der Waals surface area contributed by atoms with Crippen LogP contribution in [0.1, 0.15) is 33.1 Å². The summed E-state index contributed by atoms with van der Waals surface area (Å²) in [5, 5.41) is 3.09. The predicted molar refractivity (Wildman–Crippen MR) is 90.2 cm³/mol. The number of aryl methyl sites for hydroxylation is 2. The number of rotatable bonds is 5. The minimum atomic E-state index is 0.00313. The van der Waals surface area contributed by atoms with Gasteiger partial charge in [-0.05, 0) is 25.5 Å². The third-order valence-electron chi connectivity index (χ3n) is 4.00. The second-order valence-electron chi connectivity index (χ2n) is 6.07. The summed E-state index contributed by atoms with van der Waals surface area (Å²) in [4.78, 5) is 13.8. The normalized spacial score (nSPS) is 12.2. The SMILES string of the molecule is Cc1ccc(C)c(C(=O)NC[C@@H](c2ccccc2)[NH+](C)C)c1. The molecule has 2 rings (SSSR count). The van der Waals surface area contributed by atoms with Crippen LogP contribution in [0, 0.1) is 13.8 Å². The van der Waals surface area contributed by atoms with Gasteiger partial charge < -0.3 is 10.2 Å². The fourth-order valence-corrected chi connectivity index (χ4v) is 2.61. The largest absolute Gasteiger partial charge is 0.346 e. The minimum absolute atomic E-state index is 0.00313. The average Bonchev–Trinajstić information content (AvgIpc) is 2.50. The molecule has 0 aliphatic carbocycles. The number of likely N-dealkylation sites (N-methyl/N-ethyl adjacent to an activating group) is 1. The molecular weight excluding hydrogens is 272 g/mol. The van der Waals surface area contributed by atoms with Crippen LogP contribution in [0.3, 0.4) is 0 Å². The van der Waals surface area contributed by atoms with Gasteiger partial charge in [-0.15, -0.1) is 0 Å². The zero-order chi connectivity index (χ0) is 16.1. The second kappa shape index (κ2) is 7.23. The van der Waals surface area contributed by atoms with E-state index in [1.807, 2.05) is 50.2 Å². The second-order valence-corrected chi connectivity index (χ2v) is 6.07. The molecule has 0 saturated carbocycles. The molecule has 22 heavy (non-hydrogen) atoms. The van der Waals surface area contributed by atoms with Gasteiger partial charge in [-0.2, -0.15) is 0 Å². The quantitative estimate of drug-likeness (QED) is 0.868. The van der Waals surface area contributed by atoms with Crippen molar-refractivity contribution in [1.29, 1.82) is 0 Å². The number of carbonyl (C=O) groups is 1. The lowest BCUT2D eigenvalue weighted by Gasteiger charge is -2.22. The first-order chi connectivity index (χ1) is 10.5. The Morgan fingerprint density at radius 3 is 2.41 bits per heavy atom. The lowest BCUT2D eigenvalue weighted by atomic mass is 10.0. The molecule has 2 N–H and O–H groups in total. The van der Waals surface area contributed by atoms with E-state index >= 15 is 0 Å². The van der Waals surface area contributed by atoms with Crippen LogP contribution >= 0.6 is 0 Å². The molecule has 1 atom stereocenters. The number of amides is 1. The first-order valence-corrected chi connectivity index (χ1v) is 7.69. The maximum Gasteiger partial charge on any atom is 0.251 e. The van der Waals surface area contributed by atoms with E-state index < -0.39 is 0 Å². The molecular formula is C19H25N2O+. The van der Waals surface area contributed by atoms with E-state index in [9.17, 15) is 4.79 Å². The Bertz CT molecular complexity index is 635. The van der Waals surface area contributed by atoms with Gasteiger partial charge in [-0.25, -0.2) is 0 Å². The van der Waals surface area contributed by atoms with Crippen LogP contribution in [0.25, 0.3) is 0 Å². The molecule has 0 aromatic heterocycles. The van der Waals surface area contributed by atoms with Gasteiger partial charge in [0, 0.05) is 11.1 Å². The molecule has 0 radical (unpaired) electrons. The lowest BCUT2D eigenvalue weighted by molar-refractivity contribution is -0.890. The number of carbonyl (C=O) groups excluding carboxylic acids is 1. The van der Waals surface area contributed by atoms with E-state index in [0.29, 0.717) is 6.54 Å². The molecule has 3 heteroatoms. The molecule has 2 aromatic carbocycles. The van der Waals surface area contributed by atoms with E-state index in [2.05, 4.69) is 31.5 Å². The highest BCUT2D eigenvalue weighted by Gasteiger charge is 2.19. The highest BCUT2D eigenvalue weighted by molar-refractivity contribution is 5.95. The van der Waals surface area contributed by atoms with E-state index in [0.717, 1.165) is 16.7 Å². The Hall–Kier alpha value is -2.13. The van der Waals surface area contributed by atoms with E-state index in [-0.39, 0.29) is 11.9 Å². The molecule has 116 valence electrons.